The van der Waals surface area contributed by atoms with Crippen LogP contribution in [0.3, 0.4) is 0 Å². The fourth-order valence-electron chi connectivity index (χ4n) is 3.11. The highest BCUT2D eigenvalue weighted by molar-refractivity contribution is 7.89. The molecule has 0 bridgehead atoms. The number of aliphatic carboxylic acids is 1. The number of carboxylic acid groups (broad SMARTS) is 1. The zero-order chi connectivity index (χ0) is 20.5. The molecule has 1 N–H and O–H groups in total. The van der Waals surface area contributed by atoms with Crippen LogP contribution in [-0.4, -0.2) is 35.3 Å². The average Bonchev–Trinajstić information content (AvgIpc) is 2.68. The van der Waals surface area contributed by atoms with Crippen molar-refractivity contribution < 1.29 is 23.2 Å². The second kappa shape index (κ2) is 7.53. The Balaban J connectivity index is 2.09. The Hall–Kier alpha value is -3.04. The van der Waals surface area contributed by atoms with E-state index in [9.17, 15) is 28.4 Å². The first kappa shape index (κ1) is 19.7. The van der Waals surface area contributed by atoms with Gasteiger partial charge < -0.3 is 5.11 Å². The van der Waals surface area contributed by atoms with Crippen LogP contribution in [0.4, 0.5) is 5.69 Å². The van der Waals surface area contributed by atoms with Crippen molar-refractivity contribution >= 4 is 21.7 Å². The lowest BCUT2D eigenvalue weighted by Gasteiger charge is -2.34. The van der Waals surface area contributed by atoms with Crippen molar-refractivity contribution in [2.45, 2.75) is 24.3 Å². The SMILES string of the molecule is Cc1ccc(C2CC=C(C(=O)O)CN2S(=O)(=O)c2cccc([N+](=O)[O-])c2)cc1. The summed E-state index contributed by atoms with van der Waals surface area (Å²) in [6.07, 6.45) is 1.71. The largest absolute Gasteiger partial charge is 0.478 e. The average molecular weight is 402 g/mol. The maximum Gasteiger partial charge on any atom is 0.332 e. The van der Waals surface area contributed by atoms with Gasteiger partial charge in [0, 0.05) is 24.3 Å². The van der Waals surface area contributed by atoms with Crippen molar-refractivity contribution in [2.24, 2.45) is 0 Å². The molecule has 1 aliphatic heterocycles. The van der Waals surface area contributed by atoms with Gasteiger partial charge in [-0.2, -0.15) is 4.31 Å². The summed E-state index contributed by atoms with van der Waals surface area (Å²) in [6, 6.07) is 11.5. The molecule has 0 saturated heterocycles. The van der Waals surface area contributed by atoms with Crippen LogP contribution in [0.1, 0.15) is 23.6 Å². The third kappa shape index (κ3) is 3.80. The number of rotatable bonds is 5. The van der Waals surface area contributed by atoms with Gasteiger partial charge in [-0.05, 0) is 25.0 Å². The Morgan fingerprint density at radius 2 is 1.89 bits per heavy atom. The van der Waals surface area contributed by atoms with Gasteiger partial charge in [-0.15, -0.1) is 0 Å². The van der Waals surface area contributed by atoms with Crippen molar-refractivity contribution in [1.82, 2.24) is 4.31 Å². The molecule has 0 radical (unpaired) electrons. The lowest BCUT2D eigenvalue weighted by Crippen LogP contribution is -2.39. The summed E-state index contributed by atoms with van der Waals surface area (Å²) in [7, 11) is -4.17. The second-order valence-electron chi connectivity index (χ2n) is 6.50. The van der Waals surface area contributed by atoms with Crippen LogP contribution in [0.15, 0.2) is 65.1 Å². The van der Waals surface area contributed by atoms with Gasteiger partial charge in [0.05, 0.1) is 15.9 Å². The van der Waals surface area contributed by atoms with Crippen LogP contribution in [0.25, 0.3) is 0 Å². The first-order valence-corrected chi connectivity index (χ1v) is 9.89. The van der Waals surface area contributed by atoms with E-state index in [1.807, 2.05) is 19.1 Å². The molecule has 3 rings (SSSR count). The molecule has 2 aromatic carbocycles. The van der Waals surface area contributed by atoms with Crippen LogP contribution in [0.2, 0.25) is 0 Å². The number of carboxylic acids is 1. The zero-order valence-corrected chi connectivity index (χ0v) is 15.8. The van der Waals surface area contributed by atoms with Crippen molar-refractivity contribution in [3.8, 4) is 0 Å². The Labute approximate surface area is 161 Å². The molecule has 0 fully saturated rings. The van der Waals surface area contributed by atoms with Crippen molar-refractivity contribution in [2.75, 3.05) is 6.54 Å². The van der Waals surface area contributed by atoms with Gasteiger partial charge in [0.15, 0.2) is 0 Å². The first-order chi connectivity index (χ1) is 13.2. The maximum absolute atomic E-state index is 13.3. The van der Waals surface area contributed by atoms with Gasteiger partial charge in [0.1, 0.15) is 0 Å². The Bertz CT molecular complexity index is 1060. The highest BCUT2D eigenvalue weighted by Gasteiger charge is 2.37. The minimum absolute atomic E-state index is 0.0302. The molecule has 0 spiro atoms. The minimum atomic E-state index is -4.17. The fraction of sp³-hybridized carbons (Fsp3) is 0.211. The summed E-state index contributed by atoms with van der Waals surface area (Å²) in [4.78, 5) is 21.5. The highest BCUT2D eigenvalue weighted by atomic mass is 32.2. The van der Waals surface area contributed by atoms with Gasteiger partial charge >= 0.3 is 5.97 Å². The summed E-state index contributed by atoms with van der Waals surface area (Å²) in [5.74, 6) is -1.19. The third-order valence-corrected chi connectivity index (χ3v) is 6.48. The fourth-order valence-corrected chi connectivity index (χ4v) is 4.75. The number of sulfonamides is 1. The number of hydrogen-bond acceptors (Lipinski definition) is 5. The predicted octanol–water partition coefficient (Wildman–Crippen LogP) is 3.05. The van der Waals surface area contributed by atoms with E-state index < -0.39 is 27.0 Å². The lowest BCUT2D eigenvalue weighted by atomic mass is 9.97. The molecule has 1 aliphatic rings. The van der Waals surface area contributed by atoms with Gasteiger partial charge in [0.25, 0.3) is 5.69 Å². The van der Waals surface area contributed by atoms with E-state index in [1.165, 1.54) is 24.3 Å². The summed E-state index contributed by atoms with van der Waals surface area (Å²) < 4.78 is 27.6. The van der Waals surface area contributed by atoms with Gasteiger partial charge in [0.2, 0.25) is 10.0 Å². The van der Waals surface area contributed by atoms with E-state index in [1.54, 1.807) is 12.1 Å². The summed E-state index contributed by atoms with van der Waals surface area (Å²) in [6.45, 7) is 1.59. The monoisotopic (exact) mass is 402 g/mol. The lowest BCUT2D eigenvalue weighted by molar-refractivity contribution is -0.385. The summed E-state index contributed by atoms with van der Waals surface area (Å²) in [5.41, 5.74) is 1.35. The number of nitrogens with zero attached hydrogens (tertiary/aromatic N) is 2. The van der Waals surface area contributed by atoms with E-state index in [-0.39, 0.29) is 29.1 Å². The van der Waals surface area contributed by atoms with E-state index in [0.717, 1.165) is 21.5 Å². The quantitative estimate of drug-likeness (QED) is 0.607. The Morgan fingerprint density at radius 3 is 2.50 bits per heavy atom. The predicted molar refractivity (Wildman–Crippen MR) is 101 cm³/mol. The van der Waals surface area contributed by atoms with Gasteiger partial charge in [-0.25, -0.2) is 13.2 Å². The molecule has 0 amide bonds. The van der Waals surface area contributed by atoms with Crippen LogP contribution in [0.5, 0.6) is 0 Å². The number of carbonyl (C=O) groups is 1. The minimum Gasteiger partial charge on any atom is -0.478 e. The molecule has 8 nitrogen and oxygen atoms in total. The van der Waals surface area contributed by atoms with Gasteiger partial charge in [-0.1, -0.05) is 42.0 Å². The number of benzene rings is 2. The first-order valence-electron chi connectivity index (χ1n) is 8.45. The second-order valence-corrected chi connectivity index (χ2v) is 8.39. The highest BCUT2D eigenvalue weighted by Crippen LogP contribution is 2.35. The molecule has 2 aromatic rings. The van der Waals surface area contributed by atoms with Crippen molar-refractivity contribution in [1.29, 1.82) is 0 Å². The number of nitro groups is 1. The van der Waals surface area contributed by atoms with Crippen LogP contribution < -0.4 is 0 Å². The van der Waals surface area contributed by atoms with Crippen molar-refractivity contribution in [3.63, 3.8) is 0 Å². The molecule has 9 heteroatoms. The van der Waals surface area contributed by atoms with E-state index in [0.29, 0.717) is 0 Å². The van der Waals surface area contributed by atoms with E-state index in [4.69, 9.17) is 0 Å². The summed E-state index contributed by atoms with van der Waals surface area (Å²) >= 11 is 0. The molecular weight excluding hydrogens is 384 g/mol. The molecule has 0 aliphatic carbocycles. The number of nitro benzene ring substituents is 1. The van der Waals surface area contributed by atoms with E-state index in [2.05, 4.69) is 0 Å². The maximum atomic E-state index is 13.3. The molecule has 28 heavy (non-hydrogen) atoms. The van der Waals surface area contributed by atoms with E-state index >= 15 is 0 Å². The molecule has 0 saturated carbocycles. The van der Waals surface area contributed by atoms with Crippen LogP contribution >= 0.6 is 0 Å². The number of non-ortho nitro benzene ring substituents is 1. The van der Waals surface area contributed by atoms with Gasteiger partial charge in [-0.3, -0.25) is 10.1 Å². The summed E-state index contributed by atoms with van der Waals surface area (Å²) in [5, 5.41) is 20.3. The molecular formula is C19H18N2O6S. The normalized spacial score (nSPS) is 17.8. The smallest absolute Gasteiger partial charge is 0.332 e. The third-order valence-electron chi connectivity index (χ3n) is 4.63. The standard InChI is InChI=1S/C19H18N2O6S/c1-13-5-7-14(8-6-13)18-10-9-15(19(22)23)12-20(18)28(26,27)17-4-2-3-16(11-17)21(24)25/h2-9,11,18H,10,12H2,1H3,(H,22,23). The number of hydrogen-bond donors (Lipinski definition) is 1. The molecule has 1 unspecified atom stereocenters. The van der Waals surface area contributed by atoms with Crippen LogP contribution in [-0.2, 0) is 14.8 Å². The number of aryl methyl sites for hydroxylation is 1. The Morgan fingerprint density at radius 1 is 1.21 bits per heavy atom. The topological polar surface area (TPSA) is 118 Å². The molecule has 1 atom stereocenters. The van der Waals surface area contributed by atoms with Crippen LogP contribution in [0, 0.1) is 17.0 Å². The van der Waals surface area contributed by atoms with Crippen molar-refractivity contribution in [3.05, 3.63) is 81.4 Å². The molecule has 0 aromatic heterocycles. The molecule has 1 heterocycles. The Kier molecular flexibility index (Phi) is 5.30. The zero-order valence-electron chi connectivity index (χ0n) is 15.0. The molecule has 146 valence electrons.